The number of hydrogen-bond acceptors (Lipinski definition) is 3. The topological polar surface area (TPSA) is 80.4 Å². The van der Waals surface area contributed by atoms with Gasteiger partial charge in [0.05, 0.1) is 21.6 Å². The highest BCUT2D eigenvalue weighted by atomic mass is 16.6. The lowest BCUT2D eigenvalue weighted by atomic mass is 9.93. The van der Waals surface area contributed by atoms with Gasteiger partial charge >= 0.3 is 5.97 Å². The second kappa shape index (κ2) is 6.34. The van der Waals surface area contributed by atoms with E-state index in [0.29, 0.717) is 22.3 Å². The molecule has 5 heteroatoms. The second-order valence-electron chi connectivity index (χ2n) is 5.18. The first kappa shape index (κ1) is 15.4. The molecule has 1 N–H and O–H groups in total. The smallest absolute Gasteiger partial charge is 0.336 e. The van der Waals surface area contributed by atoms with Gasteiger partial charge < -0.3 is 5.11 Å². The fourth-order valence-electron chi connectivity index (χ4n) is 2.71. The van der Waals surface area contributed by atoms with E-state index in [0.717, 1.165) is 0 Å². The third-order valence-corrected chi connectivity index (χ3v) is 3.75. The van der Waals surface area contributed by atoms with Crippen molar-refractivity contribution in [2.75, 3.05) is 0 Å². The molecule has 0 atom stereocenters. The second-order valence-corrected chi connectivity index (χ2v) is 5.18. The Morgan fingerprint density at radius 1 is 0.792 bits per heavy atom. The Kier molecular flexibility index (Phi) is 4.07. The Hall–Kier alpha value is -3.47. The predicted octanol–water partition coefficient (Wildman–Crippen LogP) is 4.63. The molecule has 0 unspecified atom stereocenters. The van der Waals surface area contributed by atoms with Gasteiger partial charge in [0.25, 0.3) is 5.69 Å². The van der Waals surface area contributed by atoms with E-state index in [1.807, 2.05) is 6.07 Å². The van der Waals surface area contributed by atoms with Crippen LogP contribution in [-0.2, 0) is 0 Å². The molecule has 0 aromatic heterocycles. The molecule has 0 heterocycles. The Balaban J connectivity index is 2.32. The lowest BCUT2D eigenvalue weighted by Crippen LogP contribution is -2.02. The minimum Gasteiger partial charge on any atom is -0.478 e. The van der Waals surface area contributed by atoms with Gasteiger partial charge in [0.2, 0.25) is 0 Å². The molecule has 0 bridgehead atoms. The van der Waals surface area contributed by atoms with Gasteiger partial charge in [0, 0.05) is 5.56 Å². The molecule has 3 aromatic rings. The number of carboxylic acid groups (broad SMARTS) is 1. The van der Waals surface area contributed by atoms with Crippen LogP contribution in [0.15, 0.2) is 72.8 Å². The van der Waals surface area contributed by atoms with Crippen molar-refractivity contribution < 1.29 is 14.8 Å². The van der Waals surface area contributed by atoms with Crippen LogP contribution >= 0.6 is 0 Å². The normalized spacial score (nSPS) is 10.3. The third-order valence-electron chi connectivity index (χ3n) is 3.75. The number of carboxylic acids is 1. The van der Waals surface area contributed by atoms with E-state index in [1.54, 1.807) is 60.7 Å². The molecular weight excluding hydrogens is 306 g/mol. The standard InChI is InChI=1S/C19H13NO4/c21-19(22)17-10-5-4-9-15(17)16-12-6-11-14(18(16)20(23)24)13-7-2-1-3-8-13/h1-12H,(H,21,22). The summed E-state index contributed by atoms with van der Waals surface area (Å²) in [5.74, 6) is -1.12. The maximum Gasteiger partial charge on any atom is 0.336 e. The molecule has 3 rings (SSSR count). The van der Waals surface area contributed by atoms with Gasteiger partial charge in [-0.15, -0.1) is 0 Å². The molecule has 3 aromatic carbocycles. The van der Waals surface area contributed by atoms with Crippen LogP contribution in [0.3, 0.4) is 0 Å². The van der Waals surface area contributed by atoms with Crippen molar-refractivity contribution >= 4 is 11.7 Å². The molecule has 0 saturated heterocycles. The highest BCUT2D eigenvalue weighted by molar-refractivity contribution is 5.99. The van der Waals surface area contributed by atoms with E-state index in [2.05, 4.69) is 0 Å². The SMILES string of the molecule is O=C(O)c1ccccc1-c1cccc(-c2ccccc2)c1[N+](=O)[O-]. The third kappa shape index (κ3) is 2.75. The Morgan fingerprint density at radius 3 is 2.04 bits per heavy atom. The minimum atomic E-state index is -1.12. The van der Waals surface area contributed by atoms with Crippen molar-refractivity contribution in [3.05, 3.63) is 88.5 Å². The number of rotatable bonds is 4. The minimum absolute atomic E-state index is 0.0332. The number of para-hydroxylation sites is 1. The summed E-state index contributed by atoms with van der Waals surface area (Å²) in [6.45, 7) is 0. The molecule has 0 aliphatic carbocycles. The van der Waals surface area contributed by atoms with E-state index < -0.39 is 10.9 Å². The van der Waals surface area contributed by atoms with E-state index >= 15 is 0 Å². The van der Waals surface area contributed by atoms with Crippen LogP contribution in [0, 0.1) is 10.1 Å². The first-order chi connectivity index (χ1) is 11.6. The highest BCUT2D eigenvalue weighted by Crippen LogP contribution is 2.39. The summed E-state index contributed by atoms with van der Waals surface area (Å²) in [6, 6.07) is 20.2. The molecule has 0 spiro atoms. The average Bonchev–Trinajstić information content (AvgIpc) is 2.61. The number of nitro benzene ring substituents is 1. The van der Waals surface area contributed by atoms with E-state index in [-0.39, 0.29) is 11.3 Å². The predicted molar refractivity (Wildman–Crippen MR) is 90.9 cm³/mol. The van der Waals surface area contributed by atoms with Gasteiger partial charge in [-0.3, -0.25) is 10.1 Å². The lowest BCUT2D eigenvalue weighted by Gasteiger charge is -2.10. The quantitative estimate of drug-likeness (QED) is 0.561. The van der Waals surface area contributed by atoms with Crippen molar-refractivity contribution in [1.29, 1.82) is 0 Å². The number of nitro groups is 1. The van der Waals surface area contributed by atoms with Crippen molar-refractivity contribution in [3.8, 4) is 22.3 Å². The number of aromatic carboxylic acids is 1. The number of nitrogens with zero attached hydrogens (tertiary/aromatic N) is 1. The zero-order valence-corrected chi connectivity index (χ0v) is 12.5. The van der Waals surface area contributed by atoms with Crippen LogP contribution < -0.4 is 0 Å². The van der Waals surface area contributed by atoms with Crippen molar-refractivity contribution in [2.24, 2.45) is 0 Å². The van der Waals surface area contributed by atoms with Crippen LogP contribution in [-0.4, -0.2) is 16.0 Å². The monoisotopic (exact) mass is 319 g/mol. The number of carbonyl (C=O) groups is 1. The molecular formula is C19H13NO4. The maximum absolute atomic E-state index is 11.7. The van der Waals surface area contributed by atoms with Crippen molar-refractivity contribution in [1.82, 2.24) is 0 Å². The largest absolute Gasteiger partial charge is 0.478 e. The van der Waals surface area contributed by atoms with Gasteiger partial charge in [-0.05, 0) is 23.8 Å². The fraction of sp³-hybridized carbons (Fsp3) is 0. The van der Waals surface area contributed by atoms with Crippen LogP contribution in [0.2, 0.25) is 0 Å². The van der Waals surface area contributed by atoms with Crippen LogP contribution in [0.4, 0.5) is 5.69 Å². The fourth-order valence-corrected chi connectivity index (χ4v) is 2.71. The molecule has 0 amide bonds. The van der Waals surface area contributed by atoms with Gasteiger partial charge in [0.15, 0.2) is 0 Å². The molecule has 0 fully saturated rings. The first-order valence-corrected chi connectivity index (χ1v) is 7.25. The first-order valence-electron chi connectivity index (χ1n) is 7.25. The maximum atomic E-state index is 11.7. The number of hydrogen-bond donors (Lipinski definition) is 1. The summed E-state index contributed by atoms with van der Waals surface area (Å²) in [6.07, 6.45) is 0. The lowest BCUT2D eigenvalue weighted by molar-refractivity contribution is -0.383. The molecule has 118 valence electrons. The summed E-state index contributed by atoms with van der Waals surface area (Å²) in [7, 11) is 0. The van der Waals surface area contributed by atoms with Crippen molar-refractivity contribution in [3.63, 3.8) is 0 Å². The summed E-state index contributed by atoms with van der Waals surface area (Å²) < 4.78 is 0. The zero-order chi connectivity index (χ0) is 17.1. The Labute approximate surface area is 138 Å². The van der Waals surface area contributed by atoms with Crippen LogP contribution in [0.25, 0.3) is 22.3 Å². The number of benzene rings is 3. The molecule has 5 nitrogen and oxygen atoms in total. The molecule has 0 radical (unpaired) electrons. The Morgan fingerprint density at radius 2 is 1.38 bits per heavy atom. The average molecular weight is 319 g/mol. The van der Waals surface area contributed by atoms with E-state index in [9.17, 15) is 20.0 Å². The van der Waals surface area contributed by atoms with Crippen molar-refractivity contribution in [2.45, 2.75) is 0 Å². The summed E-state index contributed by atoms with van der Waals surface area (Å²) in [5, 5.41) is 21.1. The molecule has 0 saturated carbocycles. The summed E-state index contributed by atoms with van der Waals surface area (Å²) in [5.41, 5.74) is 1.72. The molecule has 24 heavy (non-hydrogen) atoms. The zero-order valence-electron chi connectivity index (χ0n) is 12.5. The van der Waals surface area contributed by atoms with Gasteiger partial charge in [-0.2, -0.15) is 0 Å². The van der Waals surface area contributed by atoms with Crippen LogP contribution in [0.1, 0.15) is 10.4 Å². The Bertz CT molecular complexity index is 920. The summed E-state index contributed by atoms with van der Waals surface area (Å²) in [4.78, 5) is 22.7. The van der Waals surface area contributed by atoms with E-state index in [1.165, 1.54) is 6.07 Å². The molecule has 0 aliphatic rings. The molecule has 0 aliphatic heterocycles. The highest BCUT2D eigenvalue weighted by Gasteiger charge is 2.24. The van der Waals surface area contributed by atoms with Gasteiger partial charge in [0.1, 0.15) is 0 Å². The summed E-state index contributed by atoms with van der Waals surface area (Å²) >= 11 is 0. The van der Waals surface area contributed by atoms with Crippen LogP contribution in [0.5, 0.6) is 0 Å². The van der Waals surface area contributed by atoms with Gasteiger partial charge in [-0.25, -0.2) is 4.79 Å². The van der Waals surface area contributed by atoms with E-state index in [4.69, 9.17) is 0 Å². The van der Waals surface area contributed by atoms with Gasteiger partial charge in [-0.1, -0.05) is 54.6 Å².